The van der Waals surface area contributed by atoms with Crippen molar-refractivity contribution in [2.75, 3.05) is 40.4 Å². The Labute approximate surface area is 162 Å². The van der Waals surface area contributed by atoms with Gasteiger partial charge in [0, 0.05) is 57.7 Å². The quantitative estimate of drug-likeness (QED) is 0.795. The van der Waals surface area contributed by atoms with Gasteiger partial charge in [-0.2, -0.15) is 13.2 Å². The first-order valence-electron chi connectivity index (χ1n) is 9.23. The molecule has 0 radical (unpaired) electrons. The Bertz CT molecular complexity index is 808. The number of alkyl halides is 3. The van der Waals surface area contributed by atoms with Crippen molar-refractivity contribution in [2.24, 2.45) is 0 Å². The summed E-state index contributed by atoms with van der Waals surface area (Å²) in [6.07, 6.45) is -2.11. The van der Waals surface area contributed by atoms with E-state index in [1.54, 1.807) is 33.3 Å². The van der Waals surface area contributed by atoms with E-state index in [4.69, 9.17) is 4.74 Å². The van der Waals surface area contributed by atoms with Crippen LogP contribution >= 0.6 is 0 Å². The zero-order chi connectivity index (χ0) is 20.5. The van der Waals surface area contributed by atoms with Gasteiger partial charge in [-0.05, 0) is 25.0 Å². The van der Waals surface area contributed by atoms with Crippen LogP contribution in [-0.2, 0) is 28.8 Å². The number of amides is 1. The fourth-order valence-corrected chi connectivity index (χ4v) is 3.42. The largest absolute Gasteiger partial charge is 0.433 e. The van der Waals surface area contributed by atoms with Crippen LogP contribution < -0.4 is 0 Å². The van der Waals surface area contributed by atoms with Crippen molar-refractivity contribution in [1.29, 1.82) is 0 Å². The number of halogens is 3. The molecule has 0 saturated carbocycles. The highest BCUT2D eigenvalue weighted by molar-refractivity contribution is 5.77. The SMILES string of the molecule is Cc1cc2c(CN3CCCOCC3)c(C(F)(F)F)nc-2n(CC(=O)N(C)C)c1. The molecule has 0 atom stereocenters. The van der Waals surface area contributed by atoms with E-state index in [1.807, 2.05) is 4.90 Å². The van der Waals surface area contributed by atoms with Gasteiger partial charge in [-0.25, -0.2) is 4.98 Å². The lowest BCUT2D eigenvalue weighted by Crippen LogP contribution is -2.27. The summed E-state index contributed by atoms with van der Waals surface area (Å²) in [5.74, 6) is -0.0196. The highest BCUT2D eigenvalue weighted by atomic mass is 19.4. The zero-order valence-electron chi connectivity index (χ0n) is 16.3. The molecule has 154 valence electrons. The molecular weight excluding hydrogens is 373 g/mol. The molecule has 1 fully saturated rings. The Morgan fingerprint density at radius 3 is 2.71 bits per heavy atom. The first-order chi connectivity index (χ1) is 13.2. The maximum absolute atomic E-state index is 13.8. The molecule has 28 heavy (non-hydrogen) atoms. The van der Waals surface area contributed by atoms with Crippen LogP contribution in [0.2, 0.25) is 0 Å². The summed E-state index contributed by atoms with van der Waals surface area (Å²) >= 11 is 0. The minimum Gasteiger partial charge on any atom is -0.380 e. The predicted molar refractivity (Wildman–Crippen MR) is 98.0 cm³/mol. The maximum atomic E-state index is 13.8. The van der Waals surface area contributed by atoms with Gasteiger partial charge in [-0.3, -0.25) is 9.69 Å². The third-order valence-corrected chi connectivity index (χ3v) is 4.84. The summed E-state index contributed by atoms with van der Waals surface area (Å²) in [5.41, 5.74) is 0.521. The monoisotopic (exact) mass is 398 g/mol. The molecule has 3 heterocycles. The third-order valence-electron chi connectivity index (χ3n) is 4.84. The van der Waals surface area contributed by atoms with Crippen LogP contribution in [-0.4, -0.2) is 65.7 Å². The number of carbonyl (C=O) groups excluding carboxylic acids is 1. The smallest absolute Gasteiger partial charge is 0.380 e. The normalized spacial score (nSPS) is 16.4. The fourth-order valence-electron chi connectivity index (χ4n) is 3.42. The van der Waals surface area contributed by atoms with Gasteiger partial charge in [0.2, 0.25) is 5.91 Å². The van der Waals surface area contributed by atoms with Crippen molar-refractivity contribution < 1.29 is 22.7 Å². The summed E-state index contributed by atoms with van der Waals surface area (Å²) < 4.78 is 48.2. The van der Waals surface area contributed by atoms with Crippen molar-refractivity contribution in [3.8, 4) is 11.4 Å². The highest BCUT2D eigenvalue weighted by Crippen LogP contribution is 2.39. The number of rotatable bonds is 4. The van der Waals surface area contributed by atoms with E-state index >= 15 is 0 Å². The minimum atomic E-state index is -4.56. The molecular formula is C19H25F3N4O2. The highest BCUT2D eigenvalue weighted by Gasteiger charge is 2.40. The van der Waals surface area contributed by atoms with Crippen LogP contribution in [0.15, 0.2) is 12.3 Å². The number of aromatic nitrogens is 2. The molecule has 3 aliphatic rings. The van der Waals surface area contributed by atoms with Crippen LogP contribution in [0.25, 0.3) is 11.4 Å². The second-order valence-corrected chi connectivity index (χ2v) is 7.35. The molecule has 0 unspecified atom stereocenters. The lowest BCUT2D eigenvalue weighted by molar-refractivity contribution is -0.141. The molecule has 0 spiro atoms. The molecule has 0 aliphatic carbocycles. The Morgan fingerprint density at radius 2 is 2.04 bits per heavy atom. The number of aryl methyl sites for hydroxylation is 1. The lowest BCUT2D eigenvalue weighted by atomic mass is 10.1. The molecule has 3 aliphatic heterocycles. The van der Waals surface area contributed by atoms with Gasteiger partial charge in [-0.15, -0.1) is 0 Å². The average Bonchev–Trinajstić information content (AvgIpc) is 2.77. The number of hydrogen-bond acceptors (Lipinski definition) is 4. The number of likely N-dealkylation sites (N-methyl/N-ethyl adjacent to an activating group) is 1. The van der Waals surface area contributed by atoms with Gasteiger partial charge < -0.3 is 14.2 Å². The van der Waals surface area contributed by atoms with Crippen molar-refractivity contribution >= 4 is 5.91 Å². The number of hydrogen-bond donors (Lipinski definition) is 0. The van der Waals surface area contributed by atoms with E-state index in [2.05, 4.69) is 4.98 Å². The van der Waals surface area contributed by atoms with Gasteiger partial charge in [0.1, 0.15) is 12.4 Å². The first kappa shape index (κ1) is 20.6. The molecule has 3 rings (SSSR count). The first-order valence-corrected chi connectivity index (χ1v) is 9.23. The molecule has 9 heteroatoms. The summed E-state index contributed by atoms with van der Waals surface area (Å²) in [6, 6.07) is 1.72. The van der Waals surface area contributed by atoms with Crippen molar-refractivity contribution in [3.05, 3.63) is 29.1 Å². The standard InChI is InChI=1S/C19H25F3N4O2/c1-13-9-14-15(11-25-5-4-7-28-8-6-25)17(19(20,21)22)23-18(14)26(10-13)12-16(27)24(2)3/h9-10H,4-8,11-12H2,1-3H3. The molecule has 0 aromatic heterocycles. The van der Waals surface area contributed by atoms with Crippen LogP contribution in [0.4, 0.5) is 13.2 Å². The molecule has 1 amide bonds. The van der Waals surface area contributed by atoms with Gasteiger partial charge >= 0.3 is 6.18 Å². The molecule has 0 aromatic carbocycles. The van der Waals surface area contributed by atoms with E-state index in [9.17, 15) is 18.0 Å². The zero-order valence-corrected chi connectivity index (χ0v) is 16.3. The van der Waals surface area contributed by atoms with E-state index in [1.165, 1.54) is 9.47 Å². The Morgan fingerprint density at radius 1 is 1.29 bits per heavy atom. The number of carbonyl (C=O) groups is 1. The van der Waals surface area contributed by atoms with Gasteiger partial charge in [0.15, 0.2) is 5.69 Å². The van der Waals surface area contributed by atoms with Gasteiger partial charge in [0.05, 0.1) is 6.61 Å². The van der Waals surface area contributed by atoms with Gasteiger partial charge in [-0.1, -0.05) is 0 Å². The lowest BCUT2D eigenvalue weighted by Gasteiger charge is -2.21. The van der Waals surface area contributed by atoms with E-state index in [-0.39, 0.29) is 30.4 Å². The molecule has 6 nitrogen and oxygen atoms in total. The maximum Gasteiger partial charge on any atom is 0.433 e. The summed E-state index contributed by atoms with van der Waals surface area (Å²) in [4.78, 5) is 19.5. The van der Waals surface area contributed by atoms with E-state index in [0.29, 0.717) is 31.9 Å². The Kier molecular flexibility index (Phi) is 5.95. The Balaban J connectivity index is 2.05. The van der Waals surface area contributed by atoms with Crippen molar-refractivity contribution in [1.82, 2.24) is 19.4 Å². The van der Waals surface area contributed by atoms with E-state index < -0.39 is 11.9 Å². The van der Waals surface area contributed by atoms with E-state index in [0.717, 1.165) is 12.0 Å². The second-order valence-electron chi connectivity index (χ2n) is 7.35. The molecule has 1 saturated heterocycles. The number of fused-ring (bicyclic) bond motifs is 1. The van der Waals surface area contributed by atoms with Crippen molar-refractivity contribution in [3.63, 3.8) is 0 Å². The average molecular weight is 398 g/mol. The number of ether oxygens (including phenoxy) is 1. The Hall–Kier alpha value is -2.13. The van der Waals surface area contributed by atoms with Crippen LogP contribution in [0, 0.1) is 6.92 Å². The van der Waals surface area contributed by atoms with Crippen molar-refractivity contribution in [2.45, 2.75) is 32.6 Å². The third kappa shape index (κ3) is 4.47. The molecule has 0 aromatic rings. The number of nitrogens with zero attached hydrogens (tertiary/aromatic N) is 4. The summed E-state index contributed by atoms with van der Waals surface area (Å²) in [6.45, 7) is 4.28. The summed E-state index contributed by atoms with van der Waals surface area (Å²) in [5, 5.41) is 0. The van der Waals surface area contributed by atoms with Crippen LogP contribution in [0.1, 0.15) is 23.2 Å². The second kappa shape index (κ2) is 8.08. The van der Waals surface area contributed by atoms with Gasteiger partial charge in [0.25, 0.3) is 0 Å². The fraction of sp³-hybridized carbons (Fsp3) is 0.579. The topological polar surface area (TPSA) is 50.6 Å². The molecule has 0 bridgehead atoms. The van der Waals surface area contributed by atoms with Crippen LogP contribution in [0.3, 0.4) is 0 Å². The minimum absolute atomic E-state index is 0.0590. The van der Waals surface area contributed by atoms with Crippen LogP contribution in [0.5, 0.6) is 0 Å². The number of pyridine rings is 1. The summed E-state index contributed by atoms with van der Waals surface area (Å²) in [7, 11) is 3.23. The molecule has 0 N–H and O–H groups in total. The predicted octanol–water partition coefficient (Wildman–Crippen LogP) is 2.63.